The standard InChI is InChI=1S/C22H20N2O5S/c1-12-8-15-18(9-13(12)2)30-22(24(15)11-19(25)28-4)23-21(26)17-10-14-6-5-7-16(27-3)20(14)29-17/h5-10H,11H2,1-4H3. The maximum absolute atomic E-state index is 12.9. The number of aromatic nitrogens is 1. The molecule has 0 saturated carbocycles. The Morgan fingerprint density at radius 3 is 2.63 bits per heavy atom. The molecule has 2 aromatic heterocycles. The zero-order valence-corrected chi connectivity index (χ0v) is 17.8. The lowest BCUT2D eigenvalue weighted by Crippen LogP contribution is -2.22. The number of nitrogens with zero attached hydrogens (tertiary/aromatic N) is 2. The summed E-state index contributed by atoms with van der Waals surface area (Å²) in [6.45, 7) is 3.97. The highest BCUT2D eigenvalue weighted by Crippen LogP contribution is 2.29. The smallest absolute Gasteiger partial charge is 0.325 e. The summed E-state index contributed by atoms with van der Waals surface area (Å²) < 4.78 is 18.4. The maximum atomic E-state index is 12.9. The van der Waals surface area contributed by atoms with Gasteiger partial charge < -0.3 is 18.5 Å². The summed E-state index contributed by atoms with van der Waals surface area (Å²) in [5, 5.41) is 0.748. The molecule has 1 amide bonds. The molecule has 0 aliphatic carbocycles. The number of hydrogen-bond donors (Lipinski definition) is 0. The lowest BCUT2D eigenvalue weighted by atomic mass is 10.1. The highest BCUT2D eigenvalue weighted by molar-refractivity contribution is 7.16. The number of methoxy groups -OCH3 is 2. The number of esters is 1. The zero-order chi connectivity index (χ0) is 21.4. The molecule has 7 nitrogen and oxygen atoms in total. The van der Waals surface area contributed by atoms with Gasteiger partial charge in [-0.25, -0.2) is 0 Å². The van der Waals surface area contributed by atoms with Crippen molar-refractivity contribution in [2.24, 2.45) is 4.99 Å². The van der Waals surface area contributed by atoms with Crippen molar-refractivity contribution in [1.82, 2.24) is 4.57 Å². The molecular weight excluding hydrogens is 404 g/mol. The molecule has 0 unspecified atom stereocenters. The Balaban J connectivity index is 1.86. The molecule has 4 aromatic rings. The fourth-order valence-corrected chi connectivity index (χ4v) is 4.31. The molecule has 2 aromatic carbocycles. The molecular formula is C22H20N2O5S. The zero-order valence-electron chi connectivity index (χ0n) is 17.0. The van der Waals surface area contributed by atoms with Crippen molar-refractivity contribution < 1.29 is 23.5 Å². The molecule has 154 valence electrons. The number of fused-ring (bicyclic) bond motifs is 2. The van der Waals surface area contributed by atoms with Crippen LogP contribution in [0.1, 0.15) is 21.7 Å². The number of thiazole rings is 1. The number of amides is 1. The van der Waals surface area contributed by atoms with Crippen LogP contribution in [0.2, 0.25) is 0 Å². The van der Waals surface area contributed by atoms with Gasteiger partial charge in [0.05, 0.1) is 24.4 Å². The van der Waals surface area contributed by atoms with Crippen LogP contribution in [0, 0.1) is 13.8 Å². The second-order valence-electron chi connectivity index (χ2n) is 6.86. The molecule has 0 aliphatic rings. The molecule has 0 spiro atoms. The van der Waals surface area contributed by atoms with Crippen LogP contribution in [0.5, 0.6) is 5.75 Å². The molecule has 0 N–H and O–H groups in total. The second kappa shape index (κ2) is 7.79. The fourth-order valence-electron chi connectivity index (χ4n) is 3.20. The predicted molar refractivity (Wildman–Crippen MR) is 114 cm³/mol. The van der Waals surface area contributed by atoms with Crippen molar-refractivity contribution in [2.75, 3.05) is 14.2 Å². The van der Waals surface area contributed by atoms with E-state index in [4.69, 9.17) is 13.9 Å². The molecule has 30 heavy (non-hydrogen) atoms. The minimum atomic E-state index is -0.535. The number of ether oxygens (including phenoxy) is 2. The van der Waals surface area contributed by atoms with Gasteiger partial charge in [0.25, 0.3) is 0 Å². The Bertz CT molecular complexity index is 1360. The molecule has 0 radical (unpaired) electrons. The largest absolute Gasteiger partial charge is 0.493 e. The molecule has 8 heteroatoms. The summed E-state index contributed by atoms with van der Waals surface area (Å²) >= 11 is 1.34. The van der Waals surface area contributed by atoms with Crippen LogP contribution in [-0.2, 0) is 16.1 Å². The number of aryl methyl sites for hydroxylation is 2. The van der Waals surface area contributed by atoms with Crippen molar-refractivity contribution in [2.45, 2.75) is 20.4 Å². The molecule has 0 atom stereocenters. The molecule has 0 bridgehead atoms. The highest BCUT2D eigenvalue weighted by atomic mass is 32.1. The fraction of sp³-hybridized carbons (Fsp3) is 0.227. The quantitative estimate of drug-likeness (QED) is 0.463. The van der Waals surface area contributed by atoms with E-state index in [1.165, 1.54) is 18.4 Å². The third-order valence-corrected chi connectivity index (χ3v) is 5.99. The van der Waals surface area contributed by atoms with E-state index >= 15 is 0 Å². The van der Waals surface area contributed by atoms with Crippen LogP contribution in [0.25, 0.3) is 21.2 Å². The number of carbonyl (C=O) groups is 2. The third-order valence-electron chi connectivity index (χ3n) is 4.95. The number of benzene rings is 2. The van der Waals surface area contributed by atoms with Crippen molar-refractivity contribution >= 4 is 44.4 Å². The first-order valence-electron chi connectivity index (χ1n) is 9.24. The Morgan fingerprint density at radius 2 is 1.90 bits per heavy atom. The van der Waals surface area contributed by atoms with Crippen LogP contribution in [-0.4, -0.2) is 30.7 Å². The van der Waals surface area contributed by atoms with Gasteiger partial charge in [0, 0.05) is 5.39 Å². The van der Waals surface area contributed by atoms with Crippen molar-refractivity contribution in [3.05, 3.63) is 58.1 Å². The van der Waals surface area contributed by atoms with Gasteiger partial charge in [-0.15, -0.1) is 0 Å². The second-order valence-corrected chi connectivity index (χ2v) is 7.87. The van der Waals surface area contributed by atoms with Crippen molar-refractivity contribution in [3.8, 4) is 5.75 Å². The van der Waals surface area contributed by atoms with Gasteiger partial charge in [-0.05, 0) is 49.2 Å². The molecule has 4 rings (SSSR count). The summed E-state index contributed by atoms with van der Waals surface area (Å²) in [6, 6.07) is 11.1. The van der Waals surface area contributed by atoms with Gasteiger partial charge in [-0.2, -0.15) is 4.99 Å². The average molecular weight is 424 g/mol. The lowest BCUT2D eigenvalue weighted by molar-refractivity contribution is -0.141. The van der Waals surface area contributed by atoms with Crippen molar-refractivity contribution in [3.63, 3.8) is 0 Å². The van der Waals surface area contributed by atoms with Gasteiger partial charge in [0.1, 0.15) is 6.54 Å². The molecule has 2 heterocycles. The van der Waals surface area contributed by atoms with Gasteiger partial charge in [0.15, 0.2) is 21.9 Å². The number of rotatable bonds is 4. The maximum Gasteiger partial charge on any atom is 0.325 e. The molecule has 0 saturated heterocycles. The minimum Gasteiger partial charge on any atom is -0.493 e. The lowest BCUT2D eigenvalue weighted by Gasteiger charge is -2.05. The first-order valence-corrected chi connectivity index (χ1v) is 10.1. The van der Waals surface area contributed by atoms with Gasteiger partial charge in [-0.3, -0.25) is 9.59 Å². The van der Waals surface area contributed by atoms with Crippen LogP contribution < -0.4 is 9.54 Å². The van der Waals surface area contributed by atoms with E-state index in [2.05, 4.69) is 4.99 Å². The normalized spacial score (nSPS) is 11.9. The van der Waals surface area contributed by atoms with Crippen LogP contribution in [0.3, 0.4) is 0 Å². The van der Waals surface area contributed by atoms with E-state index < -0.39 is 11.9 Å². The Labute approximate surface area is 176 Å². The average Bonchev–Trinajstić information content (AvgIpc) is 3.30. The first kappa shape index (κ1) is 19.9. The monoisotopic (exact) mass is 424 g/mol. The number of furan rings is 1. The summed E-state index contributed by atoms with van der Waals surface area (Å²) in [7, 11) is 2.87. The van der Waals surface area contributed by atoms with Crippen LogP contribution >= 0.6 is 11.3 Å². The molecule has 0 fully saturated rings. The van der Waals surface area contributed by atoms with Crippen molar-refractivity contribution in [1.29, 1.82) is 0 Å². The Morgan fingerprint density at radius 1 is 1.13 bits per heavy atom. The van der Waals surface area contributed by atoms with Gasteiger partial charge >= 0.3 is 11.9 Å². The minimum absolute atomic E-state index is 0.0426. The van der Waals surface area contributed by atoms with E-state index in [0.29, 0.717) is 16.1 Å². The van der Waals surface area contributed by atoms with E-state index in [1.54, 1.807) is 23.8 Å². The summed E-state index contributed by atoms with van der Waals surface area (Å²) in [6.07, 6.45) is 0. The van der Waals surface area contributed by atoms with Crippen LogP contribution in [0.15, 0.2) is 45.8 Å². The van der Waals surface area contributed by atoms with E-state index in [0.717, 1.165) is 26.7 Å². The third kappa shape index (κ3) is 3.50. The SMILES string of the molecule is COC(=O)Cn1c(=NC(=O)c2cc3cccc(OC)c3o2)sc2cc(C)c(C)cc21. The number of carbonyl (C=O) groups excluding carboxylic acids is 2. The summed E-state index contributed by atoms with van der Waals surface area (Å²) in [5.74, 6) is -0.314. The topological polar surface area (TPSA) is 83.0 Å². The Kier molecular flexibility index (Phi) is 5.17. The Hall–Kier alpha value is -3.39. The number of hydrogen-bond acceptors (Lipinski definition) is 6. The van der Waals surface area contributed by atoms with Crippen LogP contribution in [0.4, 0.5) is 0 Å². The van der Waals surface area contributed by atoms with Gasteiger partial charge in [0.2, 0.25) is 0 Å². The number of para-hydroxylation sites is 1. The van der Waals surface area contributed by atoms with E-state index in [1.807, 2.05) is 38.1 Å². The summed E-state index contributed by atoms with van der Waals surface area (Å²) in [5.41, 5.74) is 3.52. The van der Waals surface area contributed by atoms with E-state index in [9.17, 15) is 9.59 Å². The van der Waals surface area contributed by atoms with Gasteiger partial charge in [-0.1, -0.05) is 23.5 Å². The highest BCUT2D eigenvalue weighted by Gasteiger charge is 2.17. The predicted octanol–water partition coefficient (Wildman–Crippen LogP) is 3.99. The first-order chi connectivity index (χ1) is 14.4. The molecule has 0 aliphatic heterocycles. The van der Waals surface area contributed by atoms with E-state index in [-0.39, 0.29) is 12.3 Å². The summed E-state index contributed by atoms with van der Waals surface area (Å²) in [4.78, 5) is 29.5.